The van der Waals surface area contributed by atoms with E-state index in [-0.39, 0.29) is 29.2 Å². The van der Waals surface area contributed by atoms with Gasteiger partial charge in [-0.1, -0.05) is 85.8 Å². The summed E-state index contributed by atoms with van der Waals surface area (Å²) >= 11 is 0. The average Bonchev–Trinajstić information content (AvgIpc) is 3.09. The highest BCUT2D eigenvalue weighted by molar-refractivity contribution is 6.08. The molecule has 240 valence electrons. The van der Waals surface area contributed by atoms with Gasteiger partial charge >= 0.3 is 0 Å². The number of nitrogens with one attached hydrogen (secondary N) is 2. The molecule has 0 spiro atoms. The summed E-state index contributed by atoms with van der Waals surface area (Å²) in [7, 11) is 0. The van der Waals surface area contributed by atoms with Crippen molar-refractivity contribution in [3.8, 4) is 5.69 Å². The number of rotatable bonds is 9. The van der Waals surface area contributed by atoms with Crippen molar-refractivity contribution >= 4 is 22.6 Å². The van der Waals surface area contributed by atoms with Crippen molar-refractivity contribution in [3.05, 3.63) is 148 Å². The molecule has 0 bridgehead atoms. The lowest BCUT2D eigenvalue weighted by Gasteiger charge is -2.43. The Bertz CT molecular complexity index is 1950. The first kappa shape index (κ1) is 31.9. The van der Waals surface area contributed by atoms with Crippen molar-refractivity contribution in [2.75, 3.05) is 13.1 Å². The molecular formula is C39H39FN4O3. The third kappa shape index (κ3) is 6.60. The summed E-state index contributed by atoms with van der Waals surface area (Å²) in [5.41, 5.74) is 2.54. The summed E-state index contributed by atoms with van der Waals surface area (Å²) in [6.07, 6.45) is 1.76. The largest absolute Gasteiger partial charge is 0.347 e. The summed E-state index contributed by atoms with van der Waals surface area (Å²) in [4.78, 5) is 43.3. The summed E-state index contributed by atoms with van der Waals surface area (Å²) < 4.78 is 16.0. The van der Waals surface area contributed by atoms with Gasteiger partial charge in [0.15, 0.2) is 0 Å². The van der Waals surface area contributed by atoms with Crippen molar-refractivity contribution in [3.63, 3.8) is 0 Å². The van der Waals surface area contributed by atoms with Gasteiger partial charge in [0.2, 0.25) is 5.91 Å². The quantitative estimate of drug-likeness (QED) is 0.191. The van der Waals surface area contributed by atoms with E-state index in [1.807, 2.05) is 91.9 Å². The zero-order valence-electron chi connectivity index (χ0n) is 26.7. The van der Waals surface area contributed by atoms with Gasteiger partial charge in [-0.2, -0.15) is 0 Å². The first-order valence-corrected chi connectivity index (χ1v) is 16.1. The van der Waals surface area contributed by atoms with Gasteiger partial charge in [0.1, 0.15) is 5.82 Å². The fourth-order valence-electron chi connectivity index (χ4n) is 6.90. The molecule has 0 radical (unpaired) electrons. The lowest BCUT2D eigenvalue weighted by atomic mass is 9.80. The van der Waals surface area contributed by atoms with E-state index in [1.165, 1.54) is 19.1 Å². The Morgan fingerprint density at radius 2 is 1.49 bits per heavy atom. The number of nitrogens with zero attached hydrogens (tertiary/aromatic N) is 2. The number of carbonyl (C=O) groups is 2. The minimum Gasteiger partial charge on any atom is -0.347 e. The highest BCUT2D eigenvalue weighted by atomic mass is 19.1. The SMILES string of the molecule is CC[C@H](NC(=O)c1c(CN2CCC(NC(C)=O)(c3cccc(F)c3)CC2)n(-c2ccccc2)c(=O)c2ccccc12)c1ccccc1. The smallest absolute Gasteiger partial charge is 0.263 e. The molecule has 2 N–H and O–H groups in total. The summed E-state index contributed by atoms with van der Waals surface area (Å²) in [6, 6.07) is 32.8. The number of hydrogen-bond acceptors (Lipinski definition) is 4. The molecule has 5 aromatic rings. The molecular weight excluding hydrogens is 591 g/mol. The maximum atomic E-state index is 14.5. The van der Waals surface area contributed by atoms with Crippen LogP contribution < -0.4 is 16.2 Å². The lowest BCUT2D eigenvalue weighted by molar-refractivity contribution is -0.121. The van der Waals surface area contributed by atoms with E-state index in [1.54, 1.807) is 16.7 Å². The number of benzene rings is 4. The van der Waals surface area contributed by atoms with Crippen LogP contribution in [0, 0.1) is 5.82 Å². The second-order valence-corrected chi connectivity index (χ2v) is 12.2. The molecule has 0 saturated carbocycles. The molecule has 2 heterocycles. The van der Waals surface area contributed by atoms with Crippen molar-refractivity contribution in [1.82, 2.24) is 20.1 Å². The number of pyridine rings is 1. The maximum Gasteiger partial charge on any atom is 0.263 e. The van der Waals surface area contributed by atoms with E-state index in [2.05, 4.69) is 15.5 Å². The number of hydrogen-bond donors (Lipinski definition) is 2. The van der Waals surface area contributed by atoms with Crippen molar-refractivity contribution in [2.45, 2.75) is 51.2 Å². The number of fused-ring (bicyclic) bond motifs is 1. The molecule has 6 rings (SSSR count). The van der Waals surface area contributed by atoms with E-state index >= 15 is 0 Å². The van der Waals surface area contributed by atoms with Gasteiger partial charge in [-0.25, -0.2) is 4.39 Å². The van der Waals surface area contributed by atoms with Gasteiger partial charge in [-0.3, -0.25) is 23.9 Å². The van der Waals surface area contributed by atoms with Crippen LogP contribution in [0.3, 0.4) is 0 Å². The number of halogens is 1. The Morgan fingerprint density at radius 1 is 0.851 bits per heavy atom. The van der Waals surface area contributed by atoms with Crippen LogP contribution in [0.15, 0.2) is 114 Å². The molecule has 47 heavy (non-hydrogen) atoms. The first-order chi connectivity index (χ1) is 22.8. The van der Waals surface area contributed by atoms with E-state index in [0.717, 1.165) is 11.1 Å². The van der Waals surface area contributed by atoms with Gasteiger partial charge in [0.25, 0.3) is 11.5 Å². The molecule has 1 aliphatic heterocycles. The number of carbonyl (C=O) groups excluding carboxylic acids is 2. The monoisotopic (exact) mass is 630 g/mol. The van der Waals surface area contributed by atoms with Crippen molar-refractivity contribution in [2.24, 2.45) is 0 Å². The van der Waals surface area contributed by atoms with E-state index in [0.29, 0.717) is 66.6 Å². The zero-order valence-corrected chi connectivity index (χ0v) is 26.7. The number of aromatic nitrogens is 1. The van der Waals surface area contributed by atoms with Crippen LogP contribution in [0.1, 0.15) is 66.3 Å². The van der Waals surface area contributed by atoms with Crippen LogP contribution in [0.25, 0.3) is 16.5 Å². The highest BCUT2D eigenvalue weighted by Crippen LogP contribution is 2.35. The third-order valence-electron chi connectivity index (χ3n) is 9.22. The third-order valence-corrected chi connectivity index (χ3v) is 9.22. The van der Waals surface area contributed by atoms with Gasteiger partial charge in [0.05, 0.1) is 22.8 Å². The van der Waals surface area contributed by atoms with Crippen molar-refractivity contribution in [1.29, 1.82) is 0 Å². The minimum absolute atomic E-state index is 0.182. The number of para-hydroxylation sites is 1. The number of amides is 2. The molecule has 0 unspecified atom stereocenters. The van der Waals surface area contributed by atoms with E-state index in [9.17, 15) is 18.8 Å². The zero-order chi connectivity index (χ0) is 33.0. The molecule has 1 atom stereocenters. The van der Waals surface area contributed by atoms with Crippen LogP contribution in [0.4, 0.5) is 4.39 Å². The maximum absolute atomic E-state index is 14.5. The van der Waals surface area contributed by atoms with Crippen LogP contribution in [0.5, 0.6) is 0 Å². The molecule has 7 nitrogen and oxygen atoms in total. The summed E-state index contributed by atoms with van der Waals surface area (Å²) in [5, 5.41) is 7.45. The second-order valence-electron chi connectivity index (χ2n) is 12.2. The highest BCUT2D eigenvalue weighted by Gasteiger charge is 2.38. The minimum atomic E-state index is -0.725. The van der Waals surface area contributed by atoms with Gasteiger partial charge < -0.3 is 10.6 Å². The number of likely N-dealkylation sites (tertiary alicyclic amines) is 1. The molecule has 0 aliphatic carbocycles. The van der Waals surface area contributed by atoms with Crippen LogP contribution in [-0.4, -0.2) is 34.4 Å². The van der Waals surface area contributed by atoms with E-state index < -0.39 is 5.54 Å². The Labute approximate surface area is 274 Å². The topological polar surface area (TPSA) is 83.4 Å². The Balaban J connectivity index is 1.43. The second kappa shape index (κ2) is 13.7. The fraction of sp³-hybridized carbons (Fsp3) is 0.256. The molecule has 1 aromatic heterocycles. The fourth-order valence-corrected chi connectivity index (χ4v) is 6.90. The van der Waals surface area contributed by atoms with Gasteiger partial charge in [0, 0.05) is 43.0 Å². The molecule has 8 heteroatoms. The predicted molar refractivity (Wildman–Crippen MR) is 183 cm³/mol. The Morgan fingerprint density at radius 3 is 2.13 bits per heavy atom. The predicted octanol–water partition coefficient (Wildman–Crippen LogP) is 6.64. The Hall–Kier alpha value is -5.08. The van der Waals surface area contributed by atoms with Crippen LogP contribution >= 0.6 is 0 Å². The molecule has 2 amide bonds. The summed E-state index contributed by atoms with van der Waals surface area (Å²) in [6.45, 7) is 4.93. The molecule has 1 saturated heterocycles. The molecule has 4 aromatic carbocycles. The van der Waals surface area contributed by atoms with Gasteiger partial charge in [-0.15, -0.1) is 0 Å². The van der Waals surface area contributed by atoms with Gasteiger partial charge in [-0.05, 0) is 60.7 Å². The van der Waals surface area contributed by atoms with Crippen LogP contribution in [-0.2, 0) is 16.9 Å². The number of piperidine rings is 1. The van der Waals surface area contributed by atoms with E-state index in [4.69, 9.17) is 0 Å². The van der Waals surface area contributed by atoms with Crippen LogP contribution in [0.2, 0.25) is 0 Å². The first-order valence-electron chi connectivity index (χ1n) is 16.1. The molecule has 1 aliphatic rings. The average molecular weight is 631 g/mol. The summed E-state index contributed by atoms with van der Waals surface area (Å²) in [5.74, 6) is -0.784. The standard InChI is InChI=1S/C39H39FN4O3/c1-3-34(28-13-6-4-7-14-28)41-37(46)36-32-19-10-11-20-33(32)38(47)44(31-17-8-5-9-18-31)35(36)26-43-23-21-39(22-24-43,42-27(2)45)29-15-12-16-30(40)25-29/h4-20,25,34H,3,21-24,26H2,1-2H3,(H,41,46)(H,42,45)/t34-/m0/s1. The lowest BCUT2D eigenvalue weighted by Crippen LogP contribution is -2.52. The Kier molecular flexibility index (Phi) is 9.31. The molecule has 1 fully saturated rings. The normalized spacial score (nSPS) is 15.2. The van der Waals surface area contributed by atoms with Crippen molar-refractivity contribution < 1.29 is 14.0 Å².